The average Bonchev–Trinajstić information content (AvgIpc) is 1.98. The van der Waals surface area contributed by atoms with E-state index in [0.717, 1.165) is 0 Å². The van der Waals surface area contributed by atoms with Gasteiger partial charge in [0.05, 0.1) is 6.54 Å². The zero-order chi connectivity index (χ0) is 7.82. The maximum Gasteiger partial charge on any atom is 0.0579 e. The first-order valence-corrected chi connectivity index (χ1v) is 3.67. The fourth-order valence-corrected chi connectivity index (χ4v) is 0.543. The summed E-state index contributed by atoms with van der Waals surface area (Å²) in [5.41, 5.74) is 1.34. The van der Waals surface area contributed by atoms with Gasteiger partial charge in [-0.05, 0) is 6.92 Å². The number of hydrogen-bond donors (Lipinski definition) is 1. The van der Waals surface area contributed by atoms with Crippen LogP contribution in [0.2, 0.25) is 0 Å². The van der Waals surface area contributed by atoms with Crippen molar-refractivity contribution < 1.29 is 0 Å². The van der Waals surface area contributed by atoms with Crippen LogP contribution in [0.4, 0.5) is 0 Å². The van der Waals surface area contributed by atoms with Crippen molar-refractivity contribution in [1.29, 1.82) is 0 Å². The number of halogens is 2. The first-order valence-electron chi connectivity index (χ1n) is 2.86. The molecule has 0 aromatic heterocycles. The van der Waals surface area contributed by atoms with Crippen LogP contribution in [0.5, 0.6) is 0 Å². The normalized spacial score (nSPS) is 10.5. The van der Waals surface area contributed by atoms with Crippen LogP contribution in [-0.2, 0) is 0 Å². The van der Waals surface area contributed by atoms with Gasteiger partial charge < -0.3 is 5.32 Å². The van der Waals surface area contributed by atoms with Crippen molar-refractivity contribution >= 4 is 23.2 Å². The minimum Gasteiger partial charge on any atom is -0.301 e. The second-order valence-corrected chi connectivity index (χ2v) is 2.29. The van der Waals surface area contributed by atoms with Gasteiger partial charge in [-0.15, -0.1) is 5.92 Å². The van der Waals surface area contributed by atoms with Gasteiger partial charge in [0.25, 0.3) is 0 Å². The highest BCUT2D eigenvalue weighted by Gasteiger charge is 1.86. The Kier molecular flexibility index (Phi) is 6.84. The Bertz CT molecular complexity index is 164. The lowest BCUT2D eigenvalue weighted by atomic mass is 10.5. The molecule has 1 nitrogen and oxygen atoms in total. The molecule has 0 aliphatic carbocycles. The Hall–Kier alpha value is -0.160. The third-order valence-corrected chi connectivity index (χ3v) is 1.42. The van der Waals surface area contributed by atoms with Crippen LogP contribution >= 0.6 is 23.2 Å². The summed E-state index contributed by atoms with van der Waals surface area (Å²) in [6.45, 7) is 3.03. The molecule has 0 radical (unpaired) electrons. The SMILES string of the molecule is CC#CCNC/C(Cl)=C/Cl. The molecule has 0 rings (SSSR count). The Morgan fingerprint density at radius 3 is 2.90 bits per heavy atom. The van der Waals surface area contributed by atoms with E-state index in [1.54, 1.807) is 6.92 Å². The van der Waals surface area contributed by atoms with Crippen molar-refractivity contribution in [2.45, 2.75) is 6.92 Å². The lowest BCUT2D eigenvalue weighted by Crippen LogP contribution is -2.15. The van der Waals surface area contributed by atoms with E-state index >= 15 is 0 Å². The molecule has 0 aromatic rings. The van der Waals surface area contributed by atoms with E-state index in [0.29, 0.717) is 18.1 Å². The Labute approximate surface area is 71.4 Å². The van der Waals surface area contributed by atoms with E-state index in [9.17, 15) is 0 Å². The molecule has 0 saturated heterocycles. The van der Waals surface area contributed by atoms with Gasteiger partial charge in [-0.2, -0.15) is 0 Å². The van der Waals surface area contributed by atoms with E-state index < -0.39 is 0 Å². The third kappa shape index (κ3) is 5.97. The molecule has 0 bridgehead atoms. The maximum atomic E-state index is 5.56. The molecule has 0 aromatic carbocycles. The number of rotatable bonds is 3. The smallest absolute Gasteiger partial charge is 0.0579 e. The first-order chi connectivity index (χ1) is 4.81. The minimum absolute atomic E-state index is 0.583. The molecule has 0 amide bonds. The molecule has 0 unspecified atom stereocenters. The summed E-state index contributed by atoms with van der Waals surface area (Å²) in [6, 6.07) is 0. The van der Waals surface area contributed by atoms with Crippen LogP contribution < -0.4 is 5.32 Å². The zero-order valence-electron chi connectivity index (χ0n) is 5.75. The molecule has 0 aliphatic heterocycles. The van der Waals surface area contributed by atoms with Gasteiger partial charge in [0.1, 0.15) is 0 Å². The molecular formula is C7H9Cl2N. The maximum absolute atomic E-state index is 5.56. The van der Waals surface area contributed by atoms with Gasteiger partial charge in [-0.25, -0.2) is 0 Å². The van der Waals surface area contributed by atoms with E-state index in [1.165, 1.54) is 5.54 Å². The van der Waals surface area contributed by atoms with Crippen molar-refractivity contribution in [3.8, 4) is 11.8 Å². The Morgan fingerprint density at radius 1 is 1.70 bits per heavy atom. The third-order valence-electron chi connectivity index (χ3n) is 0.802. The van der Waals surface area contributed by atoms with Gasteiger partial charge >= 0.3 is 0 Å². The van der Waals surface area contributed by atoms with Crippen molar-refractivity contribution in [1.82, 2.24) is 5.32 Å². The lowest BCUT2D eigenvalue weighted by molar-refractivity contribution is 0.849. The highest BCUT2D eigenvalue weighted by Crippen LogP contribution is 1.99. The molecule has 0 fully saturated rings. The topological polar surface area (TPSA) is 12.0 Å². The van der Waals surface area contributed by atoms with Crippen molar-refractivity contribution in [3.05, 3.63) is 10.6 Å². The lowest BCUT2D eigenvalue weighted by Gasteiger charge is -1.95. The van der Waals surface area contributed by atoms with Crippen LogP contribution in [0.25, 0.3) is 0 Å². The van der Waals surface area contributed by atoms with E-state index in [1.807, 2.05) is 0 Å². The minimum atomic E-state index is 0.583. The predicted molar refractivity (Wildman–Crippen MR) is 46.1 cm³/mol. The van der Waals surface area contributed by atoms with Gasteiger partial charge in [0.15, 0.2) is 0 Å². The van der Waals surface area contributed by atoms with Crippen LogP contribution in [0.3, 0.4) is 0 Å². The summed E-state index contributed by atoms with van der Waals surface area (Å²) in [4.78, 5) is 0. The summed E-state index contributed by atoms with van der Waals surface area (Å²) in [7, 11) is 0. The van der Waals surface area contributed by atoms with Crippen LogP contribution in [0.15, 0.2) is 10.6 Å². The zero-order valence-corrected chi connectivity index (χ0v) is 7.26. The van der Waals surface area contributed by atoms with Crippen LogP contribution in [0, 0.1) is 11.8 Å². The van der Waals surface area contributed by atoms with Gasteiger partial charge in [-0.1, -0.05) is 29.1 Å². The highest BCUT2D eigenvalue weighted by molar-refractivity contribution is 6.36. The monoisotopic (exact) mass is 177 g/mol. The molecule has 0 spiro atoms. The fraction of sp³-hybridized carbons (Fsp3) is 0.429. The summed E-state index contributed by atoms with van der Waals surface area (Å²) >= 11 is 10.9. The van der Waals surface area contributed by atoms with Crippen molar-refractivity contribution in [2.75, 3.05) is 13.1 Å². The summed E-state index contributed by atoms with van der Waals surface area (Å²) in [6.07, 6.45) is 0. The summed E-state index contributed by atoms with van der Waals surface area (Å²) in [5.74, 6) is 5.59. The predicted octanol–water partition coefficient (Wildman–Crippen LogP) is 1.92. The molecule has 1 N–H and O–H groups in total. The van der Waals surface area contributed by atoms with E-state index in [-0.39, 0.29) is 0 Å². The van der Waals surface area contributed by atoms with Crippen LogP contribution in [0.1, 0.15) is 6.92 Å². The summed E-state index contributed by atoms with van der Waals surface area (Å²) < 4.78 is 0. The molecule has 0 heterocycles. The largest absolute Gasteiger partial charge is 0.301 e. The van der Waals surface area contributed by atoms with Gasteiger partial charge in [-0.3, -0.25) is 0 Å². The fourth-order valence-electron chi connectivity index (χ4n) is 0.371. The molecule has 0 aliphatic rings. The standard InChI is InChI=1S/C7H9Cl2N/c1-2-3-4-10-6-7(9)5-8/h5,10H,4,6H2,1H3/b7-5-. The highest BCUT2D eigenvalue weighted by atomic mass is 35.5. The molecule has 56 valence electrons. The second kappa shape index (κ2) is 6.95. The van der Waals surface area contributed by atoms with Crippen LogP contribution in [-0.4, -0.2) is 13.1 Å². The van der Waals surface area contributed by atoms with E-state index in [2.05, 4.69) is 17.2 Å². The molecular weight excluding hydrogens is 169 g/mol. The summed E-state index contributed by atoms with van der Waals surface area (Å²) in [5, 5.41) is 3.58. The van der Waals surface area contributed by atoms with Crippen molar-refractivity contribution in [2.24, 2.45) is 0 Å². The first kappa shape index (κ1) is 9.84. The van der Waals surface area contributed by atoms with Gasteiger partial charge in [0, 0.05) is 17.1 Å². The average molecular weight is 178 g/mol. The molecule has 0 atom stereocenters. The Morgan fingerprint density at radius 2 is 2.40 bits per heavy atom. The number of nitrogens with one attached hydrogen (secondary N) is 1. The van der Waals surface area contributed by atoms with Crippen molar-refractivity contribution in [3.63, 3.8) is 0 Å². The quantitative estimate of drug-likeness (QED) is 0.514. The van der Waals surface area contributed by atoms with Gasteiger partial charge in [0.2, 0.25) is 0 Å². The second-order valence-electron chi connectivity index (χ2n) is 1.59. The molecule has 0 saturated carbocycles. The van der Waals surface area contributed by atoms with E-state index in [4.69, 9.17) is 23.2 Å². The molecule has 3 heteroatoms. The Balaban J connectivity index is 3.26. The number of hydrogen-bond acceptors (Lipinski definition) is 1. The molecule has 10 heavy (non-hydrogen) atoms.